The maximum atomic E-state index is 13.2. The maximum absolute atomic E-state index is 13.2. The van der Waals surface area contributed by atoms with E-state index in [0.29, 0.717) is 5.56 Å². The molecule has 0 radical (unpaired) electrons. The number of carbonyl (C=O) groups is 1. The molecule has 2 aromatic rings. The van der Waals surface area contributed by atoms with Crippen molar-refractivity contribution in [3.05, 3.63) is 57.6 Å². The highest BCUT2D eigenvalue weighted by molar-refractivity contribution is 6.36. The Morgan fingerprint density at radius 1 is 0.947 bits per heavy atom. The highest BCUT2D eigenvalue weighted by Crippen LogP contribution is 2.35. The molecule has 2 aromatic carbocycles. The van der Waals surface area contributed by atoms with E-state index in [0.717, 1.165) is 12.1 Å². The van der Waals surface area contributed by atoms with E-state index in [4.69, 9.17) is 28.3 Å². The number of rotatable bonds is 2. The molecule has 0 heterocycles. The van der Waals surface area contributed by atoms with Gasteiger partial charge in [0, 0.05) is 16.1 Å². The molecule has 0 fully saturated rings. The first kappa shape index (κ1) is 13.8. The van der Waals surface area contributed by atoms with Crippen molar-refractivity contribution in [3.8, 4) is 11.1 Å². The van der Waals surface area contributed by atoms with Crippen molar-refractivity contribution in [2.75, 3.05) is 0 Å². The quantitative estimate of drug-likeness (QED) is 0.821. The van der Waals surface area contributed by atoms with Crippen molar-refractivity contribution in [2.24, 2.45) is 0 Å². The molecular formula is C13H6Cl2F2O2. The molecule has 2 nitrogen and oxygen atoms in total. The monoisotopic (exact) mass is 302 g/mol. The summed E-state index contributed by atoms with van der Waals surface area (Å²) in [6.45, 7) is 0. The van der Waals surface area contributed by atoms with Crippen LogP contribution in [0.15, 0.2) is 30.3 Å². The third-order valence-corrected chi connectivity index (χ3v) is 3.14. The van der Waals surface area contributed by atoms with Crippen molar-refractivity contribution < 1.29 is 18.7 Å². The first-order valence-electron chi connectivity index (χ1n) is 5.08. The molecule has 0 unspecified atom stereocenters. The number of benzene rings is 2. The van der Waals surface area contributed by atoms with Gasteiger partial charge in [-0.15, -0.1) is 0 Å². The molecule has 0 bridgehead atoms. The molecule has 0 aliphatic carbocycles. The molecule has 0 amide bonds. The lowest BCUT2D eigenvalue weighted by molar-refractivity contribution is 0.0697. The van der Waals surface area contributed by atoms with Gasteiger partial charge < -0.3 is 5.11 Å². The fraction of sp³-hybridized carbons (Fsp3) is 0. The molecule has 98 valence electrons. The minimum atomic E-state index is -1.13. The van der Waals surface area contributed by atoms with Gasteiger partial charge in [-0.25, -0.2) is 13.6 Å². The summed E-state index contributed by atoms with van der Waals surface area (Å²) in [7, 11) is 0. The Kier molecular flexibility index (Phi) is 3.73. The predicted octanol–water partition coefficient (Wildman–Crippen LogP) is 4.64. The van der Waals surface area contributed by atoms with E-state index in [-0.39, 0.29) is 21.2 Å². The summed E-state index contributed by atoms with van der Waals surface area (Å²) in [5, 5.41) is 8.89. The standard InChI is InChI=1S/C13H6Cl2F2O2/c14-9-3-6(13(18)19)1-2-7(9)8-4-11(16)12(17)5-10(8)15/h1-5H,(H,18,19). The smallest absolute Gasteiger partial charge is 0.335 e. The van der Waals surface area contributed by atoms with Crippen molar-refractivity contribution in [1.82, 2.24) is 0 Å². The molecular weight excluding hydrogens is 297 g/mol. The summed E-state index contributed by atoms with van der Waals surface area (Å²) < 4.78 is 26.2. The highest BCUT2D eigenvalue weighted by atomic mass is 35.5. The first-order chi connectivity index (χ1) is 8.90. The molecule has 0 atom stereocenters. The summed E-state index contributed by atoms with van der Waals surface area (Å²) in [6.07, 6.45) is 0. The lowest BCUT2D eigenvalue weighted by Gasteiger charge is -2.08. The minimum absolute atomic E-state index is 0.00699. The number of hydrogen-bond acceptors (Lipinski definition) is 1. The van der Waals surface area contributed by atoms with Gasteiger partial charge >= 0.3 is 5.97 Å². The minimum Gasteiger partial charge on any atom is -0.478 e. The summed E-state index contributed by atoms with van der Waals surface area (Å²) in [4.78, 5) is 10.8. The van der Waals surface area contributed by atoms with Crippen molar-refractivity contribution in [3.63, 3.8) is 0 Å². The van der Waals surface area contributed by atoms with Gasteiger partial charge in [-0.2, -0.15) is 0 Å². The Hall–Kier alpha value is -1.65. The van der Waals surface area contributed by atoms with Crippen LogP contribution >= 0.6 is 23.2 Å². The van der Waals surface area contributed by atoms with Crippen LogP contribution in [0.1, 0.15) is 10.4 Å². The van der Waals surface area contributed by atoms with Gasteiger partial charge in [0.15, 0.2) is 11.6 Å². The molecule has 1 N–H and O–H groups in total. The van der Waals surface area contributed by atoms with Gasteiger partial charge in [0.2, 0.25) is 0 Å². The Morgan fingerprint density at radius 3 is 2.11 bits per heavy atom. The Balaban J connectivity index is 2.59. The van der Waals surface area contributed by atoms with Crippen LogP contribution in [0, 0.1) is 11.6 Å². The lowest BCUT2D eigenvalue weighted by Crippen LogP contribution is -1.96. The number of carboxylic acid groups (broad SMARTS) is 1. The number of halogens is 4. The second-order valence-corrected chi connectivity index (χ2v) is 4.56. The molecule has 0 aromatic heterocycles. The van der Waals surface area contributed by atoms with Crippen LogP contribution in [-0.2, 0) is 0 Å². The van der Waals surface area contributed by atoms with Crippen LogP contribution in [0.3, 0.4) is 0 Å². The Labute approximate surface area is 117 Å². The van der Waals surface area contributed by atoms with Gasteiger partial charge in [-0.05, 0) is 24.3 Å². The molecule has 6 heteroatoms. The summed E-state index contributed by atoms with van der Waals surface area (Å²) in [5.41, 5.74) is 0.519. The molecule has 2 rings (SSSR count). The van der Waals surface area contributed by atoms with Gasteiger partial charge in [0.05, 0.1) is 10.6 Å². The Bertz CT molecular complexity index is 672. The van der Waals surface area contributed by atoms with E-state index in [1.54, 1.807) is 0 Å². The fourth-order valence-electron chi connectivity index (χ4n) is 1.60. The summed E-state index contributed by atoms with van der Waals surface area (Å²) >= 11 is 11.8. The predicted molar refractivity (Wildman–Crippen MR) is 68.8 cm³/mol. The van der Waals surface area contributed by atoms with Crippen LogP contribution < -0.4 is 0 Å². The van der Waals surface area contributed by atoms with E-state index >= 15 is 0 Å². The average Bonchev–Trinajstić information content (AvgIpc) is 2.34. The second kappa shape index (κ2) is 5.15. The third kappa shape index (κ3) is 2.69. The molecule has 19 heavy (non-hydrogen) atoms. The maximum Gasteiger partial charge on any atom is 0.335 e. The average molecular weight is 303 g/mol. The van der Waals surface area contributed by atoms with E-state index in [9.17, 15) is 13.6 Å². The summed E-state index contributed by atoms with van der Waals surface area (Å²) in [6, 6.07) is 5.68. The molecule has 0 saturated carbocycles. The van der Waals surface area contributed by atoms with Crippen molar-refractivity contribution in [1.29, 1.82) is 0 Å². The molecule has 0 spiro atoms. The first-order valence-corrected chi connectivity index (χ1v) is 5.83. The zero-order chi connectivity index (χ0) is 14.2. The van der Waals surface area contributed by atoms with Crippen LogP contribution in [-0.4, -0.2) is 11.1 Å². The van der Waals surface area contributed by atoms with E-state index in [1.807, 2.05) is 0 Å². The lowest BCUT2D eigenvalue weighted by atomic mass is 10.0. The molecule has 0 aliphatic rings. The largest absolute Gasteiger partial charge is 0.478 e. The third-order valence-electron chi connectivity index (χ3n) is 2.52. The van der Waals surface area contributed by atoms with Gasteiger partial charge in [0.1, 0.15) is 0 Å². The highest BCUT2D eigenvalue weighted by Gasteiger charge is 2.14. The zero-order valence-corrected chi connectivity index (χ0v) is 10.8. The van der Waals surface area contributed by atoms with E-state index in [2.05, 4.69) is 0 Å². The number of aromatic carboxylic acids is 1. The van der Waals surface area contributed by atoms with E-state index < -0.39 is 17.6 Å². The van der Waals surface area contributed by atoms with Crippen LogP contribution in [0.5, 0.6) is 0 Å². The topological polar surface area (TPSA) is 37.3 Å². The normalized spacial score (nSPS) is 10.5. The molecule has 0 aliphatic heterocycles. The van der Waals surface area contributed by atoms with Gasteiger partial charge in [-0.3, -0.25) is 0 Å². The zero-order valence-electron chi connectivity index (χ0n) is 9.25. The van der Waals surface area contributed by atoms with Crippen molar-refractivity contribution >= 4 is 29.2 Å². The van der Waals surface area contributed by atoms with E-state index in [1.165, 1.54) is 18.2 Å². The second-order valence-electron chi connectivity index (χ2n) is 3.75. The van der Waals surface area contributed by atoms with Crippen LogP contribution in [0.25, 0.3) is 11.1 Å². The number of carboxylic acids is 1. The molecule has 0 saturated heterocycles. The van der Waals surface area contributed by atoms with Gasteiger partial charge in [0.25, 0.3) is 0 Å². The fourth-order valence-corrected chi connectivity index (χ4v) is 2.13. The SMILES string of the molecule is O=C(O)c1ccc(-c2cc(F)c(F)cc2Cl)c(Cl)c1. The Morgan fingerprint density at radius 2 is 1.53 bits per heavy atom. The van der Waals surface area contributed by atoms with Crippen LogP contribution in [0.4, 0.5) is 8.78 Å². The summed E-state index contributed by atoms with van der Waals surface area (Å²) in [5.74, 6) is -3.25. The van der Waals surface area contributed by atoms with Crippen molar-refractivity contribution in [2.45, 2.75) is 0 Å². The van der Waals surface area contributed by atoms with Crippen LogP contribution in [0.2, 0.25) is 10.0 Å². The van der Waals surface area contributed by atoms with Gasteiger partial charge in [-0.1, -0.05) is 29.3 Å². The number of hydrogen-bond donors (Lipinski definition) is 1.